The second kappa shape index (κ2) is 6.70. The zero-order chi connectivity index (χ0) is 17.3. The first kappa shape index (κ1) is 16.6. The summed E-state index contributed by atoms with van der Waals surface area (Å²) in [5.74, 6) is -0.0672. The van der Waals surface area contributed by atoms with Crippen molar-refractivity contribution in [1.82, 2.24) is 15.0 Å². The first-order chi connectivity index (χ1) is 11.4. The van der Waals surface area contributed by atoms with Gasteiger partial charge in [0.2, 0.25) is 5.91 Å². The number of nitrogens with one attached hydrogen (secondary N) is 3. The molecular weight excluding hydrogens is 348 g/mol. The molecule has 1 amide bonds. The largest absolute Gasteiger partial charge is 0.353 e. The summed E-state index contributed by atoms with van der Waals surface area (Å²) in [6.45, 7) is 3.75. The van der Waals surface area contributed by atoms with E-state index in [0.29, 0.717) is 26.9 Å². The van der Waals surface area contributed by atoms with Crippen LogP contribution in [0.5, 0.6) is 0 Å². The zero-order valence-corrected chi connectivity index (χ0v) is 14.6. The second-order valence-electron chi connectivity index (χ2n) is 5.38. The number of carbonyl (C=O) groups is 1. The van der Waals surface area contributed by atoms with Gasteiger partial charge in [-0.05, 0) is 37.6 Å². The van der Waals surface area contributed by atoms with Gasteiger partial charge in [-0.25, -0.2) is 4.98 Å². The average molecular weight is 363 g/mol. The van der Waals surface area contributed by atoms with E-state index in [1.807, 2.05) is 19.9 Å². The number of amides is 1. The van der Waals surface area contributed by atoms with Gasteiger partial charge in [0, 0.05) is 16.4 Å². The van der Waals surface area contributed by atoms with Gasteiger partial charge in [0.15, 0.2) is 5.16 Å². The standard InChI is InChI=1S/C16H15ClN4O2S/c1-8-3-4-10(17)6-11(8)19-13(22)7-24-16-20-12-5-9(2)18-14(12)15(23)21-16/h3-6,18H,7H2,1-2H3,(H,19,22)(H,20,21,23). The molecule has 24 heavy (non-hydrogen) atoms. The lowest BCUT2D eigenvalue weighted by atomic mass is 10.2. The van der Waals surface area contributed by atoms with Gasteiger partial charge in [-0.15, -0.1) is 0 Å². The highest BCUT2D eigenvalue weighted by molar-refractivity contribution is 7.99. The number of hydrogen-bond donors (Lipinski definition) is 3. The minimum Gasteiger partial charge on any atom is -0.353 e. The smallest absolute Gasteiger partial charge is 0.275 e. The maximum Gasteiger partial charge on any atom is 0.275 e. The first-order valence-corrected chi connectivity index (χ1v) is 8.57. The Balaban J connectivity index is 1.70. The maximum atomic E-state index is 12.1. The first-order valence-electron chi connectivity index (χ1n) is 7.21. The summed E-state index contributed by atoms with van der Waals surface area (Å²) in [5, 5.41) is 3.77. The lowest BCUT2D eigenvalue weighted by Crippen LogP contribution is -2.16. The molecule has 0 aliphatic carbocycles. The normalized spacial score (nSPS) is 11.0. The monoisotopic (exact) mass is 362 g/mol. The number of fused-ring (bicyclic) bond motifs is 1. The molecule has 0 unspecified atom stereocenters. The van der Waals surface area contributed by atoms with E-state index in [0.717, 1.165) is 11.3 Å². The number of aromatic nitrogens is 3. The quantitative estimate of drug-likeness (QED) is 0.491. The molecule has 0 fully saturated rings. The Kier molecular flexibility index (Phi) is 4.64. The van der Waals surface area contributed by atoms with E-state index in [1.54, 1.807) is 18.2 Å². The Hall–Kier alpha value is -2.25. The van der Waals surface area contributed by atoms with Gasteiger partial charge in [0.25, 0.3) is 5.56 Å². The third-order valence-electron chi connectivity index (χ3n) is 3.41. The van der Waals surface area contributed by atoms with E-state index in [1.165, 1.54) is 11.8 Å². The Bertz CT molecular complexity index is 980. The molecule has 1 aromatic carbocycles. The maximum absolute atomic E-state index is 12.1. The van der Waals surface area contributed by atoms with Crippen molar-refractivity contribution in [2.75, 3.05) is 11.1 Å². The predicted octanol–water partition coefficient (Wildman–Crippen LogP) is 3.25. The topological polar surface area (TPSA) is 90.6 Å². The van der Waals surface area contributed by atoms with Crippen molar-refractivity contribution < 1.29 is 4.79 Å². The lowest BCUT2D eigenvalue weighted by molar-refractivity contribution is -0.113. The molecule has 3 N–H and O–H groups in total. The van der Waals surface area contributed by atoms with Crippen LogP contribution in [-0.2, 0) is 4.79 Å². The molecule has 2 heterocycles. The van der Waals surface area contributed by atoms with Gasteiger partial charge in [-0.2, -0.15) is 0 Å². The minimum atomic E-state index is -0.248. The van der Waals surface area contributed by atoms with E-state index in [2.05, 4.69) is 20.3 Å². The molecule has 0 saturated carbocycles. The van der Waals surface area contributed by atoms with E-state index < -0.39 is 0 Å². The Morgan fingerprint density at radius 1 is 1.29 bits per heavy atom. The van der Waals surface area contributed by atoms with Crippen molar-refractivity contribution in [3.05, 3.63) is 50.9 Å². The molecule has 3 rings (SSSR count). The highest BCUT2D eigenvalue weighted by Crippen LogP contribution is 2.21. The summed E-state index contributed by atoms with van der Waals surface area (Å²) in [7, 11) is 0. The third-order valence-corrected chi connectivity index (χ3v) is 4.52. The number of aryl methyl sites for hydroxylation is 2. The van der Waals surface area contributed by atoms with Crippen molar-refractivity contribution in [2.24, 2.45) is 0 Å². The lowest BCUT2D eigenvalue weighted by Gasteiger charge is -2.08. The summed E-state index contributed by atoms with van der Waals surface area (Å²) < 4.78 is 0. The van der Waals surface area contributed by atoms with Gasteiger partial charge in [-0.3, -0.25) is 14.6 Å². The van der Waals surface area contributed by atoms with Crippen molar-refractivity contribution in [3.63, 3.8) is 0 Å². The van der Waals surface area contributed by atoms with E-state index in [4.69, 9.17) is 11.6 Å². The van der Waals surface area contributed by atoms with Gasteiger partial charge >= 0.3 is 0 Å². The van der Waals surface area contributed by atoms with E-state index in [-0.39, 0.29) is 17.2 Å². The molecule has 3 aromatic rings. The Morgan fingerprint density at radius 3 is 2.88 bits per heavy atom. The number of halogens is 1. The molecule has 2 aromatic heterocycles. The van der Waals surface area contributed by atoms with Crippen LogP contribution in [-0.4, -0.2) is 26.6 Å². The van der Waals surface area contributed by atoms with Crippen LogP contribution in [0.4, 0.5) is 5.69 Å². The van der Waals surface area contributed by atoms with Crippen LogP contribution in [0.25, 0.3) is 11.0 Å². The second-order valence-corrected chi connectivity index (χ2v) is 6.78. The highest BCUT2D eigenvalue weighted by Gasteiger charge is 2.10. The van der Waals surface area contributed by atoms with E-state index in [9.17, 15) is 9.59 Å². The van der Waals surface area contributed by atoms with Crippen LogP contribution in [0, 0.1) is 13.8 Å². The SMILES string of the molecule is Cc1cc2nc(SCC(=O)Nc3cc(Cl)ccc3C)[nH]c(=O)c2[nH]1. The number of benzene rings is 1. The third kappa shape index (κ3) is 3.63. The van der Waals surface area contributed by atoms with Crippen LogP contribution >= 0.6 is 23.4 Å². The number of nitrogens with zero attached hydrogens (tertiary/aromatic N) is 1. The highest BCUT2D eigenvalue weighted by atomic mass is 35.5. The Morgan fingerprint density at radius 2 is 2.08 bits per heavy atom. The molecule has 6 nitrogen and oxygen atoms in total. The molecule has 0 bridgehead atoms. The Labute approximate surface area is 147 Å². The van der Waals surface area contributed by atoms with Gasteiger partial charge < -0.3 is 10.3 Å². The molecule has 0 saturated heterocycles. The fourth-order valence-electron chi connectivity index (χ4n) is 2.25. The molecular formula is C16H15ClN4O2S. The number of aromatic amines is 2. The van der Waals surface area contributed by atoms with Gasteiger partial charge in [-0.1, -0.05) is 29.4 Å². The minimum absolute atomic E-state index is 0.129. The summed E-state index contributed by atoms with van der Waals surface area (Å²) >= 11 is 7.11. The van der Waals surface area contributed by atoms with Crippen LogP contribution in [0.1, 0.15) is 11.3 Å². The fourth-order valence-corrected chi connectivity index (χ4v) is 3.09. The van der Waals surface area contributed by atoms with Crippen molar-refractivity contribution in [3.8, 4) is 0 Å². The van der Waals surface area contributed by atoms with Crippen LogP contribution in [0.15, 0.2) is 34.2 Å². The molecule has 0 atom stereocenters. The molecule has 0 aliphatic rings. The number of rotatable bonds is 4. The van der Waals surface area contributed by atoms with Crippen molar-refractivity contribution in [2.45, 2.75) is 19.0 Å². The number of anilines is 1. The fraction of sp³-hybridized carbons (Fsp3) is 0.188. The summed E-state index contributed by atoms with van der Waals surface area (Å²) in [6, 6.07) is 7.11. The number of carbonyl (C=O) groups excluding carboxylic acids is 1. The zero-order valence-electron chi connectivity index (χ0n) is 13.1. The molecule has 124 valence electrons. The molecule has 0 spiro atoms. The predicted molar refractivity (Wildman–Crippen MR) is 97.0 cm³/mol. The molecule has 0 aliphatic heterocycles. The molecule has 8 heteroatoms. The average Bonchev–Trinajstić information content (AvgIpc) is 2.90. The van der Waals surface area contributed by atoms with Gasteiger partial charge in [0.05, 0.1) is 11.3 Å². The van der Waals surface area contributed by atoms with Crippen molar-refractivity contribution in [1.29, 1.82) is 0 Å². The number of thioether (sulfide) groups is 1. The summed E-state index contributed by atoms with van der Waals surface area (Å²) in [6.07, 6.45) is 0. The number of H-pyrrole nitrogens is 2. The van der Waals surface area contributed by atoms with Crippen molar-refractivity contribution >= 4 is 46.0 Å². The molecule has 0 radical (unpaired) electrons. The van der Waals surface area contributed by atoms with Crippen LogP contribution in [0.3, 0.4) is 0 Å². The van der Waals surface area contributed by atoms with Crippen LogP contribution in [0.2, 0.25) is 5.02 Å². The van der Waals surface area contributed by atoms with E-state index >= 15 is 0 Å². The summed E-state index contributed by atoms with van der Waals surface area (Å²) in [5.41, 5.74) is 3.24. The van der Waals surface area contributed by atoms with Gasteiger partial charge in [0.1, 0.15) is 5.52 Å². The summed E-state index contributed by atoms with van der Waals surface area (Å²) in [4.78, 5) is 34.0. The number of hydrogen-bond acceptors (Lipinski definition) is 4. The van der Waals surface area contributed by atoms with Crippen LogP contribution < -0.4 is 10.9 Å².